The fourth-order valence-corrected chi connectivity index (χ4v) is 2.16. The Morgan fingerprint density at radius 2 is 2.00 bits per heavy atom. The van der Waals surface area contributed by atoms with Crippen molar-refractivity contribution in [2.75, 3.05) is 0 Å². The SMILES string of the molecule is CCCCC1CC1c1ccc(O)cc1. The van der Waals surface area contributed by atoms with E-state index in [0.29, 0.717) is 5.75 Å². The van der Waals surface area contributed by atoms with Gasteiger partial charge in [-0.2, -0.15) is 0 Å². The summed E-state index contributed by atoms with van der Waals surface area (Å²) in [5.74, 6) is 2.07. The zero-order chi connectivity index (χ0) is 9.97. The molecule has 0 saturated heterocycles. The third-order valence-electron chi connectivity index (χ3n) is 3.17. The molecule has 1 nitrogen and oxygen atoms in total. The molecule has 1 heteroatoms. The lowest BCUT2D eigenvalue weighted by atomic mass is 10.1. The fourth-order valence-electron chi connectivity index (χ4n) is 2.16. The molecule has 0 amide bonds. The van der Waals surface area contributed by atoms with E-state index >= 15 is 0 Å². The first-order valence-electron chi connectivity index (χ1n) is 5.60. The summed E-state index contributed by atoms with van der Waals surface area (Å²) in [7, 11) is 0. The van der Waals surface area contributed by atoms with Gasteiger partial charge in [-0.25, -0.2) is 0 Å². The Morgan fingerprint density at radius 1 is 1.29 bits per heavy atom. The van der Waals surface area contributed by atoms with Gasteiger partial charge >= 0.3 is 0 Å². The number of benzene rings is 1. The number of hydrogen-bond donors (Lipinski definition) is 1. The smallest absolute Gasteiger partial charge is 0.115 e. The van der Waals surface area contributed by atoms with Crippen LogP contribution in [0.1, 0.15) is 44.1 Å². The molecular weight excluding hydrogens is 172 g/mol. The van der Waals surface area contributed by atoms with E-state index in [9.17, 15) is 0 Å². The Morgan fingerprint density at radius 3 is 2.64 bits per heavy atom. The quantitative estimate of drug-likeness (QED) is 0.767. The van der Waals surface area contributed by atoms with Gasteiger partial charge in [-0.1, -0.05) is 31.9 Å². The van der Waals surface area contributed by atoms with Crippen molar-refractivity contribution in [2.24, 2.45) is 5.92 Å². The molecule has 2 rings (SSSR count). The topological polar surface area (TPSA) is 20.2 Å². The molecular formula is C13H18O. The first-order valence-corrected chi connectivity index (χ1v) is 5.60. The van der Waals surface area contributed by atoms with Gasteiger partial charge < -0.3 is 5.11 Å². The highest BCUT2D eigenvalue weighted by molar-refractivity contribution is 5.31. The molecule has 1 aliphatic rings. The molecule has 14 heavy (non-hydrogen) atoms. The Balaban J connectivity index is 1.89. The molecule has 2 atom stereocenters. The first kappa shape index (κ1) is 9.57. The molecule has 1 N–H and O–H groups in total. The minimum atomic E-state index is 0.375. The van der Waals surface area contributed by atoms with Crippen molar-refractivity contribution in [1.82, 2.24) is 0 Å². The van der Waals surface area contributed by atoms with Crippen LogP contribution < -0.4 is 0 Å². The second-order valence-corrected chi connectivity index (χ2v) is 4.34. The minimum Gasteiger partial charge on any atom is -0.508 e. The van der Waals surface area contributed by atoms with Crippen molar-refractivity contribution in [3.63, 3.8) is 0 Å². The van der Waals surface area contributed by atoms with Crippen LogP contribution in [0.4, 0.5) is 0 Å². The Bertz CT molecular complexity index is 289. The van der Waals surface area contributed by atoms with Gasteiger partial charge in [-0.3, -0.25) is 0 Å². The summed E-state index contributed by atoms with van der Waals surface area (Å²) in [6, 6.07) is 7.72. The third kappa shape index (κ3) is 2.09. The second-order valence-electron chi connectivity index (χ2n) is 4.34. The molecule has 0 bridgehead atoms. The van der Waals surface area contributed by atoms with E-state index in [4.69, 9.17) is 5.11 Å². The van der Waals surface area contributed by atoms with Crippen LogP contribution in [0.15, 0.2) is 24.3 Å². The number of hydrogen-bond acceptors (Lipinski definition) is 1. The molecule has 2 unspecified atom stereocenters. The van der Waals surface area contributed by atoms with Gasteiger partial charge in [0.15, 0.2) is 0 Å². The number of unbranched alkanes of at least 4 members (excludes halogenated alkanes) is 1. The van der Waals surface area contributed by atoms with Gasteiger partial charge in [0, 0.05) is 0 Å². The highest BCUT2D eigenvalue weighted by Crippen LogP contribution is 2.50. The van der Waals surface area contributed by atoms with Gasteiger partial charge in [0.1, 0.15) is 5.75 Å². The monoisotopic (exact) mass is 190 g/mol. The Labute approximate surface area is 85.8 Å². The lowest BCUT2D eigenvalue weighted by Gasteiger charge is -2.00. The lowest BCUT2D eigenvalue weighted by Crippen LogP contribution is -1.83. The van der Waals surface area contributed by atoms with E-state index in [1.165, 1.54) is 31.2 Å². The molecule has 0 radical (unpaired) electrons. The van der Waals surface area contributed by atoms with E-state index in [-0.39, 0.29) is 0 Å². The van der Waals surface area contributed by atoms with Crippen LogP contribution >= 0.6 is 0 Å². The summed E-state index contributed by atoms with van der Waals surface area (Å²) in [4.78, 5) is 0. The summed E-state index contributed by atoms with van der Waals surface area (Å²) < 4.78 is 0. The van der Waals surface area contributed by atoms with Crippen molar-refractivity contribution in [3.8, 4) is 5.75 Å². The van der Waals surface area contributed by atoms with Crippen molar-refractivity contribution < 1.29 is 5.11 Å². The molecule has 0 spiro atoms. The van der Waals surface area contributed by atoms with E-state index < -0.39 is 0 Å². The van der Waals surface area contributed by atoms with Gasteiger partial charge in [-0.15, -0.1) is 0 Å². The van der Waals surface area contributed by atoms with E-state index in [1.807, 2.05) is 0 Å². The normalized spacial score (nSPS) is 24.9. The number of phenols is 1. The molecule has 1 saturated carbocycles. The summed E-state index contributed by atoms with van der Waals surface area (Å²) in [6.07, 6.45) is 5.39. The van der Waals surface area contributed by atoms with Crippen LogP contribution in [-0.2, 0) is 0 Å². The maximum atomic E-state index is 9.17. The van der Waals surface area contributed by atoms with Crippen LogP contribution in [0.2, 0.25) is 0 Å². The van der Waals surface area contributed by atoms with Gasteiger partial charge in [0.2, 0.25) is 0 Å². The predicted molar refractivity (Wildman–Crippen MR) is 58.5 cm³/mol. The molecule has 0 heterocycles. The summed E-state index contributed by atoms with van der Waals surface area (Å²) in [5.41, 5.74) is 1.41. The lowest BCUT2D eigenvalue weighted by molar-refractivity contribution is 0.475. The summed E-state index contributed by atoms with van der Waals surface area (Å²) in [5, 5.41) is 9.17. The van der Waals surface area contributed by atoms with Gasteiger partial charge in [-0.05, 0) is 42.4 Å². The number of phenolic OH excluding ortho intramolecular Hbond substituents is 1. The van der Waals surface area contributed by atoms with E-state index in [0.717, 1.165) is 11.8 Å². The highest BCUT2D eigenvalue weighted by atomic mass is 16.3. The molecule has 1 aromatic rings. The average Bonchev–Trinajstić information content (AvgIpc) is 2.95. The first-order chi connectivity index (χ1) is 6.81. The highest BCUT2D eigenvalue weighted by Gasteiger charge is 2.36. The summed E-state index contributed by atoms with van der Waals surface area (Å²) in [6.45, 7) is 2.25. The van der Waals surface area contributed by atoms with Crippen LogP contribution in [0.3, 0.4) is 0 Å². The zero-order valence-electron chi connectivity index (χ0n) is 8.74. The maximum absolute atomic E-state index is 9.17. The van der Waals surface area contributed by atoms with Crippen molar-refractivity contribution in [2.45, 2.75) is 38.5 Å². The molecule has 0 aliphatic heterocycles. The third-order valence-corrected chi connectivity index (χ3v) is 3.17. The largest absolute Gasteiger partial charge is 0.508 e. The minimum absolute atomic E-state index is 0.375. The average molecular weight is 190 g/mol. The maximum Gasteiger partial charge on any atom is 0.115 e. The predicted octanol–water partition coefficient (Wildman–Crippen LogP) is 3.69. The van der Waals surface area contributed by atoms with E-state index in [2.05, 4.69) is 19.1 Å². The summed E-state index contributed by atoms with van der Waals surface area (Å²) >= 11 is 0. The zero-order valence-corrected chi connectivity index (χ0v) is 8.74. The van der Waals surface area contributed by atoms with Crippen molar-refractivity contribution in [1.29, 1.82) is 0 Å². The molecule has 76 valence electrons. The Kier molecular flexibility index (Phi) is 2.76. The van der Waals surface area contributed by atoms with Crippen molar-refractivity contribution >= 4 is 0 Å². The fraction of sp³-hybridized carbons (Fsp3) is 0.538. The van der Waals surface area contributed by atoms with Gasteiger partial charge in [0.25, 0.3) is 0 Å². The van der Waals surface area contributed by atoms with Crippen LogP contribution in [0.25, 0.3) is 0 Å². The van der Waals surface area contributed by atoms with Crippen LogP contribution in [0, 0.1) is 5.92 Å². The van der Waals surface area contributed by atoms with E-state index in [1.54, 1.807) is 12.1 Å². The van der Waals surface area contributed by atoms with Crippen molar-refractivity contribution in [3.05, 3.63) is 29.8 Å². The molecule has 1 aromatic carbocycles. The second kappa shape index (κ2) is 4.04. The van der Waals surface area contributed by atoms with Crippen LogP contribution in [0.5, 0.6) is 5.75 Å². The molecule has 1 aliphatic carbocycles. The van der Waals surface area contributed by atoms with Gasteiger partial charge in [0.05, 0.1) is 0 Å². The molecule has 1 fully saturated rings. The van der Waals surface area contributed by atoms with Crippen LogP contribution in [-0.4, -0.2) is 5.11 Å². The number of rotatable bonds is 4. The molecule has 0 aromatic heterocycles. The Hall–Kier alpha value is -0.980. The standard InChI is InChI=1S/C13H18O/c1-2-3-4-11-9-13(11)10-5-7-12(14)8-6-10/h5-8,11,13-14H,2-4,9H2,1H3. The number of aromatic hydroxyl groups is 1.